The second-order valence-corrected chi connectivity index (χ2v) is 16.4. The number of hydrogen-bond donors (Lipinski definition) is 0. The molecule has 5 aromatic rings. The molecule has 10 rings (SSSR count). The fraction of sp³-hybridized carbons (Fsp3) is 0.192. The third kappa shape index (κ3) is 4.93. The molecule has 54 heavy (non-hydrogen) atoms. The van der Waals surface area contributed by atoms with E-state index in [2.05, 4.69) is 201 Å². The third-order valence-corrected chi connectivity index (χ3v) is 12.6. The van der Waals surface area contributed by atoms with Crippen LogP contribution in [0.5, 0.6) is 0 Å². The van der Waals surface area contributed by atoms with Crippen molar-refractivity contribution in [2.24, 2.45) is 5.92 Å². The van der Waals surface area contributed by atoms with E-state index in [0.717, 1.165) is 19.3 Å². The molecule has 0 radical (unpaired) electrons. The van der Waals surface area contributed by atoms with E-state index in [1.807, 2.05) is 0 Å². The summed E-state index contributed by atoms with van der Waals surface area (Å²) in [5.41, 5.74) is 19.8. The van der Waals surface area contributed by atoms with Gasteiger partial charge in [0, 0.05) is 45.2 Å². The van der Waals surface area contributed by atoms with Crippen LogP contribution in [0.15, 0.2) is 186 Å². The summed E-state index contributed by atoms with van der Waals surface area (Å²) in [5, 5.41) is 0. The minimum absolute atomic E-state index is 0.152. The van der Waals surface area contributed by atoms with E-state index >= 15 is 0 Å². The number of benzene rings is 5. The Bertz CT molecular complexity index is 2460. The Morgan fingerprint density at radius 3 is 1.81 bits per heavy atom. The van der Waals surface area contributed by atoms with Crippen LogP contribution in [-0.2, 0) is 10.8 Å². The van der Waals surface area contributed by atoms with E-state index in [1.54, 1.807) is 0 Å². The van der Waals surface area contributed by atoms with E-state index in [0.29, 0.717) is 0 Å². The highest BCUT2D eigenvalue weighted by molar-refractivity contribution is 5.94. The summed E-state index contributed by atoms with van der Waals surface area (Å²) in [5.74, 6) is 0.285. The molecule has 264 valence electrons. The van der Waals surface area contributed by atoms with Crippen molar-refractivity contribution in [1.29, 1.82) is 0 Å². The predicted molar refractivity (Wildman–Crippen MR) is 227 cm³/mol. The number of nitrogens with zero attached hydrogens (tertiary/aromatic N) is 2. The van der Waals surface area contributed by atoms with Crippen LogP contribution in [0.4, 0.5) is 22.7 Å². The first-order chi connectivity index (χ1) is 26.3. The summed E-state index contributed by atoms with van der Waals surface area (Å²) in [6, 6.07) is 44.9. The van der Waals surface area contributed by atoms with Gasteiger partial charge in [-0.15, -0.1) is 0 Å². The zero-order valence-corrected chi connectivity index (χ0v) is 31.7. The van der Waals surface area contributed by atoms with Gasteiger partial charge in [0.15, 0.2) is 0 Å². The minimum atomic E-state index is -0.159. The van der Waals surface area contributed by atoms with Crippen LogP contribution in [-0.4, -0.2) is 0 Å². The zero-order chi connectivity index (χ0) is 36.6. The summed E-state index contributed by atoms with van der Waals surface area (Å²) >= 11 is 0. The van der Waals surface area contributed by atoms with Crippen LogP contribution in [0.25, 0.3) is 16.7 Å². The van der Waals surface area contributed by atoms with Crippen LogP contribution in [0.3, 0.4) is 0 Å². The van der Waals surface area contributed by atoms with Gasteiger partial charge in [0.05, 0.1) is 5.70 Å². The maximum Gasteiger partial charge on any atom is 0.0503 e. The number of anilines is 4. The molecule has 1 atom stereocenters. The predicted octanol–water partition coefficient (Wildman–Crippen LogP) is 13.6. The van der Waals surface area contributed by atoms with Crippen molar-refractivity contribution in [3.8, 4) is 11.1 Å². The van der Waals surface area contributed by atoms with Crippen molar-refractivity contribution in [2.75, 3.05) is 9.80 Å². The Kier molecular flexibility index (Phi) is 7.49. The lowest BCUT2D eigenvalue weighted by Crippen LogP contribution is -2.27. The van der Waals surface area contributed by atoms with Gasteiger partial charge in [0.25, 0.3) is 0 Å². The Labute approximate surface area is 320 Å². The molecule has 0 fully saturated rings. The molecular weight excluding hydrogens is 653 g/mol. The first kappa shape index (κ1) is 32.8. The van der Waals surface area contributed by atoms with Crippen LogP contribution in [0, 0.1) is 5.92 Å². The number of allylic oxidation sites excluding steroid dienone is 10. The molecule has 0 aromatic heterocycles. The van der Waals surface area contributed by atoms with Crippen LogP contribution >= 0.6 is 0 Å². The molecule has 0 heterocycles. The molecule has 2 nitrogen and oxygen atoms in total. The van der Waals surface area contributed by atoms with Crippen molar-refractivity contribution >= 4 is 28.3 Å². The smallest absolute Gasteiger partial charge is 0.0503 e. The standard InChI is InChI=1S/C52H46N2/c1-51(2)45-31-39(53(35-19-9-5-10-20-35)36-21-11-6-12-22-36)29-30-40(45)43-32-47-44(33-46(43)51)50-42-28-18-17-27-41(42)49(34-48(50)52(47,3)4)54(37-23-13-7-14-24-37)38-25-15-8-16-26-38/h5,7-11,13-27,29-34,42H,6,12,28H2,1-4H3. The second-order valence-electron chi connectivity index (χ2n) is 16.4. The summed E-state index contributed by atoms with van der Waals surface area (Å²) in [4.78, 5) is 4.90. The molecule has 5 aliphatic rings. The lowest BCUT2D eigenvalue weighted by atomic mass is 9.73. The van der Waals surface area contributed by atoms with E-state index in [1.165, 1.54) is 84.2 Å². The molecule has 0 spiro atoms. The highest BCUT2D eigenvalue weighted by Crippen LogP contribution is 2.60. The fourth-order valence-corrected chi connectivity index (χ4v) is 9.86. The van der Waals surface area contributed by atoms with Gasteiger partial charge in [-0.1, -0.05) is 119 Å². The Morgan fingerprint density at radius 1 is 0.556 bits per heavy atom. The topological polar surface area (TPSA) is 6.48 Å². The van der Waals surface area contributed by atoms with E-state index in [9.17, 15) is 0 Å². The fourth-order valence-electron chi connectivity index (χ4n) is 9.86. The van der Waals surface area contributed by atoms with Gasteiger partial charge < -0.3 is 9.80 Å². The number of rotatable bonds is 6. The summed E-state index contributed by atoms with van der Waals surface area (Å²) < 4.78 is 0. The van der Waals surface area contributed by atoms with Gasteiger partial charge in [-0.25, -0.2) is 0 Å². The van der Waals surface area contributed by atoms with Gasteiger partial charge in [-0.3, -0.25) is 0 Å². The van der Waals surface area contributed by atoms with Gasteiger partial charge in [-0.05, 0) is 142 Å². The maximum atomic E-state index is 2.59. The quantitative estimate of drug-likeness (QED) is 0.174. The third-order valence-electron chi connectivity index (χ3n) is 12.6. The molecule has 0 bridgehead atoms. The molecule has 0 N–H and O–H groups in total. The van der Waals surface area contributed by atoms with Crippen molar-refractivity contribution in [3.63, 3.8) is 0 Å². The molecule has 5 aromatic carbocycles. The van der Waals surface area contributed by atoms with Gasteiger partial charge in [-0.2, -0.15) is 0 Å². The van der Waals surface area contributed by atoms with Crippen LogP contribution in [0.2, 0.25) is 0 Å². The van der Waals surface area contributed by atoms with Crippen LogP contribution < -0.4 is 9.80 Å². The number of hydrogen-bond acceptors (Lipinski definition) is 2. The van der Waals surface area contributed by atoms with Crippen molar-refractivity contribution < 1.29 is 0 Å². The Hall–Kier alpha value is -5.86. The molecular formula is C52H46N2. The Balaban J connectivity index is 1.12. The molecule has 2 heteroatoms. The molecule has 0 amide bonds. The highest BCUT2D eigenvalue weighted by Gasteiger charge is 2.47. The Morgan fingerprint density at radius 2 is 1.17 bits per heavy atom. The number of fused-ring (bicyclic) bond motifs is 7. The van der Waals surface area contributed by atoms with Gasteiger partial charge >= 0.3 is 0 Å². The number of para-hydroxylation sites is 3. The lowest BCUT2D eigenvalue weighted by molar-refractivity contribution is 0.642. The molecule has 0 aliphatic heterocycles. The zero-order valence-electron chi connectivity index (χ0n) is 31.7. The van der Waals surface area contributed by atoms with Gasteiger partial charge in [0.1, 0.15) is 0 Å². The molecule has 0 saturated carbocycles. The summed E-state index contributed by atoms with van der Waals surface area (Å²) in [6.07, 6.45) is 19.7. The first-order valence-electron chi connectivity index (χ1n) is 19.6. The van der Waals surface area contributed by atoms with Crippen molar-refractivity contribution in [2.45, 2.75) is 57.8 Å². The van der Waals surface area contributed by atoms with E-state index in [-0.39, 0.29) is 16.7 Å². The molecule has 0 saturated heterocycles. The average Bonchev–Trinajstić information content (AvgIpc) is 3.57. The largest absolute Gasteiger partial charge is 0.311 e. The minimum Gasteiger partial charge on any atom is -0.311 e. The monoisotopic (exact) mass is 698 g/mol. The second kappa shape index (κ2) is 12.4. The normalized spacial score (nSPS) is 19.5. The first-order valence-corrected chi connectivity index (χ1v) is 19.6. The van der Waals surface area contributed by atoms with Crippen molar-refractivity contribution in [1.82, 2.24) is 0 Å². The van der Waals surface area contributed by atoms with Gasteiger partial charge in [0.2, 0.25) is 0 Å². The van der Waals surface area contributed by atoms with Crippen molar-refractivity contribution in [3.05, 3.63) is 209 Å². The molecule has 1 unspecified atom stereocenters. The summed E-state index contributed by atoms with van der Waals surface area (Å²) in [7, 11) is 0. The van der Waals surface area contributed by atoms with E-state index < -0.39 is 0 Å². The SMILES string of the molecule is CC1(C)C2=C(c3cc4c(cc31)-c1ccc(N(C3=CCCC=C3)c3ccccc3)cc1C4(C)C)C1CC=CC=C1C(N(c1ccccc1)c1ccccc1)=C2. The molecule has 5 aliphatic carbocycles. The maximum absolute atomic E-state index is 2.59. The summed E-state index contributed by atoms with van der Waals surface area (Å²) in [6.45, 7) is 9.76. The lowest BCUT2D eigenvalue weighted by Gasteiger charge is -2.38. The average molecular weight is 699 g/mol. The van der Waals surface area contributed by atoms with E-state index in [4.69, 9.17) is 0 Å². The van der Waals surface area contributed by atoms with Crippen LogP contribution in [0.1, 0.15) is 69.2 Å². The highest BCUT2D eigenvalue weighted by atomic mass is 15.2.